The molecule has 77 heavy (non-hydrogen) atoms. The predicted octanol–water partition coefficient (Wildman–Crippen LogP) is 30.0. The second-order valence-electron chi connectivity index (χ2n) is 26.8. The molecule has 0 aliphatic heterocycles. The van der Waals surface area contributed by atoms with Gasteiger partial charge in [0.1, 0.15) is 0 Å². The van der Waals surface area contributed by atoms with Crippen LogP contribution in [0.25, 0.3) is 0 Å². The molecule has 0 rings (SSSR count). The summed E-state index contributed by atoms with van der Waals surface area (Å²) in [5.74, 6) is 8.14. The highest BCUT2D eigenvalue weighted by Gasteiger charge is 1.96. The molecule has 1 heteroatoms. The minimum atomic E-state index is 0.844. The Bertz CT molecular complexity index is 586. The lowest BCUT2D eigenvalue weighted by molar-refractivity contribution is 0.162. The summed E-state index contributed by atoms with van der Waals surface area (Å²) in [6.45, 7) is 67.1. The van der Waals surface area contributed by atoms with Crippen LogP contribution >= 0.6 is 0 Å². The van der Waals surface area contributed by atoms with Crippen LogP contribution < -0.4 is 0 Å². The van der Waals surface area contributed by atoms with E-state index in [1.807, 2.05) is 13.8 Å². The van der Waals surface area contributed by atoms with Gasteiger partial charge in [-0.2, -0.15) is 0 Å². The van der Waals surface area contributed by atoms with Gasteiger partial charge in [0, 0.05) is 13.2 Å². The van der Waals surface area contributed by atoms with E-state index in [0.29, 0.717) is 0 Å². The van der Waals surface area contributed by atoms with Crippen molar-refractivity contribution in [3.8, 4) is 0 Å². The molecule has 0 saturated heterocycles. The van der Waals surface area contributed by atoms with Crippen molar-refractivity contribution in [1.29, 1.82) is 0 Å². The molecule has 0 radical (unpaired) electrons. The maximum atomic E-state index is 4.83. The van der Waals surface area contributed by atoms with Gasteiger partial charge in [0.2, 0.25) is 0 Å². The molecule has 0 heterocycles. The molecule has 0 N–H and O–H groups in total. The topological polar surface area (TPSA) is 9.23 Å². The van der Waals surface area contributed by atoms with Crippen LogP contribution in [0.15, 0.2) is 0 Å². The summed E-state index contributed by atoms with van der Waals surface area (Å²) in [4.78, 5) is 0. The van der Waals surface area contributed by atoms with Gasteiger partial charge in [-0.25, -0.2) is 0 Å². The Balaban J connectivity index is -0.0000000811. The van der Waals surface area contributed by atoms with Crippen LogP contribution in [0.4, 0.5) is 0 Å². The first kappa shape index (κ1) is 99.0. The van der Waals surface area contributed by atoms with E-state index in [9.17, 15) is 0 Å². The van der Waals surface area contributed by atoms with E-state index in [2.05, 4.69) is 187 Å². The molecule has 0 aliphatic rings. The highest BCUT2D eigenvalue weighted by molar-refractivity contribution is 4.50. The monoisotopic (exact) mass is 1100 g/mol. The summed E-state index contributed by atoms with van der Waals surface area (Å²) in [6, 6.07) is 0. The molecule has 0 fully saturated rings. The number of ether oxygens (including phenoxy) is 1. The van der Waals surface area contributed by atoms with E-state index in [0.717, 1.165) is 66.5 Å². The quantitative estimate of drug-likeness (QED) is 0.0560. The third kappa shape index (κ3) is 188. The lowest BCUT2D eigenvalue weighted by Gasteiger charge is -2.00. The second-order valence-corrected chi connectivity index (χ2v) is 26.8. The van der Waals surface area contributed by atoms with E-state index >= 15 is 0 Å². The lowest BCUT2D eigenvalue weighted by atomic mass is 10.1. The average molecular weight is 1100 g/mol. The summed E-state index contributed by atoms with van der Waals surface area (Å²) in [6.07, 6.45) is 50.4. The summed E-state index contributed by atoms with van der Waals surface area (Å²) < 4.78 is 4.83. The molecule has 0 amide bonds. The van der Waals surface area contributed by atoms with E-state index < -0.39 is 0 Å². The van der Waals surface area contributed by atoms with Crippen LogP contribution in [0.5, 0.6) is 0 Å². The van der Waals surface area contributed by atoms with Gasteiger partial charge in [-0.05, 0) is 67.1 Å². The van der Waals surface area contributed by atoms with Gasteiger partial charge in [-0.15, -0.1) is 0 Å². The van der Waals surface area contributed by atoms with Crippen molar-refractivity contribution in [1.82, 2.24) is 0 Å². The van der Waals surface area contributed by atoms with E-state index in [1.165, 1.54) is 231 Å². The first-order valence-corrected chi connectivity index (χ1v) is 35.9. The van der Waals surface area contributed by atoms with Crippen LogP contribution in [-0.2, 0) is 4.74 Å². The minimum Gasteiger partial charge on any atom is -0.382 e. The second kappa shape index (κ2) is 98.1. The molecule has 482 valence electrons. The van der Waals surface area contributed by atoms with Crippen LogP contribution in [0.1, 0.15) is 432 Å². The fraction of sp³-hybridized carbons (Fsp3) is 1.00. The maximum Gasteiger partial charge on any atom is 0.0437 e. The van der Waals surface area contributed by atoms with E-state index in [-0.39, 0.29) is 0 Å². The number of rotatable bonds is 38. The predicted molar refractivity (Wildman–Crippen MR) is 373 cm³/mol. The van der Waals surface area contributed by atoms with Crippen LogP contribution in [0.3, 0.4) is 0 Å². The SMILES string of the molecule is CCCCCC(C)C.CCCCCC(C)C.CCCCCC(C)C.CCCCCC(C)C.CCCCCC(C)C.CCCCCC(C)C.CCCCCC(C)C.CCCCCC(C)C.CCCCCC(C)C.CCOCC. The van der Waals surface area contributed by atoms with Gasteiger partial charge >= 0.3 is 0 Å². The summed E-state index contributed by atoms with van der Waals surface area (Å²) >= 11 is 0. The Kier molecular flexibility index (Phi) is 126. The molecular formula is C76H172O. The maximum absolute atomic E-state index is 4.83. The van der Waals surface area contributed by atoms with Gasteiger partial charge in [0.05, 0.1) is 0 Å². The standard InChI is InChI=1S/9C8H18.C4H10O/c9*1-4-5-6-7-8(2)3;1-3-5-4-2/h9*8H,4-7H2,1-3H3;3-4H2,1-2H3. The average Bonchev–Trinajstić information content (AvgIpc) is 3.34. The Morgan fingerprint density at radius 2 is 0.247 bits per heavy atom. The lowest BCUT2D eigenvalue weighted by Crippen LogP contribution is -1.85. The largest absolute Gasteiger partial charge is 0.382 e. The summed E-state index contributed by atoms with van der Waals surface area (Å²) in [7, 11) is 0. The molecule has 0 saturated carbocycles. The van der Waals surface area contributed by atoms with Gasteiger partial charge in [-0.1, -0.05) is 418 Å². The smallest absolute Gasteiger partial charge is 0.0437 e. The number of hydrogen-bond donors (Lipinski definition) is 0. The van der Waals surface area contributed by atoms with Crippen molar-refractivity contribution < 1.29 is 4.74 Å². The van der Waals surface area contributed by atoms with Gasteiger partial charge in [0.25, 0.3) is 0 Å². The molecule has 0 aromatic carbocycles. The zero-order chi connectivity index (χ0) is 61.8. The van der Waals surface area contributed by atoms with Gasteiger partial charge in [0.15, 0.2) is 0 Å². The highest BCUT2D eigenvalue weighted by Crippen LogP contribution is 2.12. The van der Waals surface area contributed by atoms with Crippen molar-refractivity contribution in [3.63, 3.8) is 0 Å². The summed E-state index contributed by atoms with van der Waals surface area (Å²) in [5.41, 5.74) is 0. The molecule has 0 aromatic heterocycles. The van der Waals surface area contributed by atoms with Crippen molar-refractivity contribution in [2.45, 2.75) is 432 Å². The van der Waals surface area contributed by atoms with E-state index in [4.69, 9.17) is 4.74 Å². The van der Waals surface area contributed by atoms with Crippen molar-refractivity contribution >= 4 is 0 Å². The molecule has 0 bridgehead atoms. The van der Waals surface area contributed by atoms with Crippen LogP contribution in [0, 0.1) is 53.3 Å². The van der Waals surface area contributed by atoms with Crippen molar-refractivity contribution in [2.24, 2.45) is 53.3 Å². The first-order chi connectivity index (χ1) is 36.3. The molecule has 0 spiro atoms. The zero-order valence-electron chi connectivity index (χ0n) is 61.5. The fourth-order valence-corrected chi connectivity index (χ4v) is 7.43. The molecule has 0 aromatic rings. The fourth-order valence-electron chi connectivity index (χ4n) is 7.43. The van der Waals surface area contributed by atoms with Crippen LogP contribution in [-0.4, -0.2) is 13.2 Å². The van der Waals surface area contributed by atoms with Gasteiger partial charge in [-0.3, -0.25) is 0 Å². The van der Waals surface area contributed by atoms with E-state index in [1.54, 1.807) is 0 Å². The third-order valence-electron chi connectivity index (χ3n) is 12.9. The molecule has 0 aliphatic carbocycles. The Morgan fingerprint density at radius 3 is 0.286 bits per heavy atom. The minimum absolute atomic E-state index is 0.844. The molecule has 1 nitrogen and oxygen atoms in total. The molecule has 0 atom stereocenters. The van der Waals surface area contributed by atoms with Crippen molar-refractivity contribution in [2.75, 3.05) is 13.2 Å². The van der Waals surface area contributed by atoms with Crippen LogP contribution in [0.2, 0.25) is 0 Å². The van der Waals surface area contributed by atoms with Gasteiger partial charge < -0.3 is 4.74 Å². The third-order valence-corrected chi connectivity index (χ3v) is 12.9. The Morgan fingerprint density at radius 1 is 0.156 bits per heavy atom. The molecule has 0 unspecified atom stereocenters. The number of hydrogen-bond acceptors (Lipinski definition) is 1. The number of unbranched alkanes of at least 4 members (excludes halogenated alkanes) is 18. The first-order valence-electron chi connectivity index (χ1n) is 35.9. The summed E-state index contributed by atoms with van der Waals surface area (Å²) in [5, 5.41) is 0. The Labute approximate surface area is 500 Å². The molecular weight excluding hydrogens is 929 g/mol. The normalized spacial score (nSPS) is 10.4. The Hall–Kier alpha value is -0.0400. The zero-order valence-corrected chi connectivity index (χ0v) is 61.5. The van der Waals surface area contributed by atoms with Crippen molar-refractivity contribution in [3.05, 3.63) is 0 Å². The highest BCUT2D eigenvalue weighted by atomic mass is 16.5.